The lowest BCUT2D eigenvalue weighted by Gasteiger charge is -1.90. The average molecular weight is 390 g/mol. The number of nitrogens with one attached hydrogen (secondary N) is 1. The Morgan fingerprint density at radius 3 is 2.07 bits per heavy atom. The van der Waals surface area contributed by atoms with Crippen LogP contribution in [0.3, 0.4) is 0 Å². The van der Waals surface area contributed by atoms with Crippen molar-refractivity contribution in [2.24, 2.45) is 0 Å². The van der Waals surface area contributed by atoms with E-state index in [-0.39, 0.29) is 0 Å². The van der Waals surface area contributed by atoms with Crippen molar-refractivity contribution in [1.82, 2.24) is 4.98 Å². The first-order valence-electron chi connectivity index (χ1n) is 9.82. The number of fused-ring (bicyclic) bond motifs is 8. The van der Waals surface area contributed by atoms with Gasteiger partial charge < -0.3 is 19.6 Å². The highest BCUT2D eigenvalue weighted by Gasteiger charge is 2.09. The van der Waals surface area contributed by atoms with Gasteiger partial charge in [0.1, 0.15) is 22.3 Å². The maximum atomic E-state index is 5.90. The summed E-state index contributed by atoms with van der Waals surface area (Å²) < 4.78 is 11.6. The van der Waals surface area contributed by atoms with Crippen molar-refractivity contribution >= 4 is 60.5 Å². The number of H-pyrrole nitrogens is 1. The minimum absolute atomic E-state index is 0.733. The molecule has 0 fully saturated rings. The number of hydrogen-bond donors (Lipinski definition) is 2. The zero-order valence-electron chi connectivity index (χ0n) is 16.1. The molecule has 0 amide bonds. The second-order valence-electron chi connectivity index (χ2n) is 7.33. The molecule has 0 bridgehead atoms. The van der Waals surface area contributed by atoms with E-state index in [4.69, 9.17) is 14.6 Å². The Bertz CT molecular complexity index is 1670. The van der Waals surface area contributed by atoms with Crippen LogP contribution >= 0.6 is 0 Å². The molecule has 0 aliphatic carbocycles. The van der Waals surface area contributed by atoms with Crippen LogP contribution in [0.1, 0.15) is 0 Å². The number of benzene rings is 4. The predicted octanol–water partition coefficient (Wildman–Crippen LogP) is 7.24. The van der Waals surface area contributed by atoms with E-state index in [0.717, 1.165) is 49.7 Å². The van der Waals surface area contributed by atoms with Crippen molar-refractivity contribution in [3.05, 3.63) is 91.1 Å². The molecule has 7 rings (SSSR count). The molecule has 0 aliphatic heterocycles. The van der Waals surface area contributed by atoms with Gasteiger partial charge in [-0.15, -0.1) is 0 Å². The van der Waals surface area contributed by atoms with Crippen molar-refractivity contribution in [3.63, 3.8) is 0 Å². The molecule has 4 heteroatoms. The molecule has 4 aromatic carbocycles. The van der Waals surface area contributed by atoms with Gasteiger partial charge in [-0.25, -0.2) is 0 Å². The Hall–Kier alpha value is -4.18. The molecule has 0 atom stereocenters. The minimum atomic E-state index is 0.733. The van der Waals surface area contributed by atoms with E-state index in [0.29, 0.717) is 0 Å². The minimum Gasteiger partial charge on any atom is -0.456 e. The zero-order chi connectivity index (χ0) is 20.1. The van der Waals surface area contributed by atoms with Crippen LogP contribution in [-0.2, 0) is 0 Å². The van der Waals surface area contributed by atoms with Gasteiger partial charge in [0, 0.05) is 50.4 Å². The number of rotatable bonds is 0. The van der Waals surface area contributed by atoms with Gasteiger partial charge in [0.2, 0.25) is 0 Å². The van der Waals surface area contributed by atoms with Crippen molar-refractivity contribution in [2.75, 3.05) is 5.73 Å². The van der Waals surface area contributed by atoms with Crippen molar-refractivity contribution in [2.45, 2.75) is 0 Å². The van der Waals surface area contributed by atoms with Crippen LogP contribution in [0.5, 0.6) is 0 Å². The number of para-hydroxylation sites is 2. The fourth-order valence-corrected chi connectivity index (χ4v) is 4.06. The molecule has 0 spiro atoms. The maximum Gasteiger partial charge on any atom is 0.144 e. The van der Waals surface area contributed by atoms with E-state index in [1.807, 2.05) is 60.8 Å². The van der Waals surface area contributed by atoms with Crippen LogP contribution in [0.25, 0.3) is 54.8 Å². The molecule has 144 valence electrons. The Kier molecular flexibility index (Phi) is 3.59. The van der Waals surface area contributed by atoms with E-state index >= 15 is 0 Å². The summed E-state index contributed by atoms with van der Waals surface area (Å²) in [7, 11) is 0. The highest BCUT2D eigenvalue weighted by Crippen LogP contribution is 2.33. The lowest BCUT2D eigenvalue weighted by Crippen LogP contribution is -1.81. The van der Waals surface area contributed by atoms with E-state index in [1.54, 1.807) is 0 Å². The lowest BCUT2D eigenvalue weighted by atomic mass is 10.1. The van der Waals surface area contributed by atoms with E-state index < -0.39 is 0 Å². The Balaban J connectivity index is 0.000000118. The number of anilines is 1. The van der Waals surface area contributed by atoms with Crippen LogP contribution in [0.4, 0.5) is 5.69 Å². The summed E-state index contributed by atoms with van der Waals surface area (Å²) in [5.74, 6) is 0. The smallest absolute Gasteiger partial charge is 0.144 e. The number of aromatic nitrogens is 1. The molecule has 0 radical (unpaired) electrons. The Labute approximate surface area is 171 Å². The van der Waals surface area contributed by atoms with Gasteiger partial charge in [-0.05, 0) is 42.5 Å². The second kappa shape index (κ2) is 6.42. The lowest BCUT2D eigenvalue weighted by molar-refractivity contribution is 0.669. The summed E-state index contributed by atoms with van der Waals surface area (Å²) in [6, 6.07) is 28.1. The maximum absolute atomic E-state index is 5.90. The Morgan fingerprint density at radius 2 is 1.23 bits per heavy atom. The average Bonchev–Trinajstić information content (AvgIpc) is 3.48. The molecule has 4 nitrogen and oxygen atoms in total. The summed E-state index contributed by atoms with van der Waals surface area (Å²) in [4.78, 5) is 3.20. The molecule has 0 unspecified atom stereocenters. The predicted molar refractivity (Wildman–Crippen MR) is 124 cm³/mol. The first kappa shape index (κ1) is 16.7. The number of furan rings is 2. The largest absolute Gasteiger partial charge is 0.456 e. The first-order valence-corrected chi connectivity index (χ1v) is 9.82. The third kappa shape index (κ3) is 2.54. The Morgan fingerprint density at radius 1 is 0.567 bits per heavy atom. The van der Waals surface area contributed by atoms with E-state index in [2.05, 4.69) is 35.3 Å². The van der Waals surface area contributed by atoms with E-state index in [1.165, 1.54) is 10.8 Å². The number of hydrogen-bond acceptors (Lipinski definition) is 3. The standard InChI is InChI=1S/C14H9NO.C12H9NO/c1-2-4-13-9(3-1)10-5-6-12-11(7-8-15-12)14(10)16-13;13-8-5-6-10-9-3-1-2-4-11(9)14-12(10)7-8/h1-8,15H;1-7H,13H2. The summed E-state index contributed by atoms with van der Waals surface area (Å²) in [5.41, 5.74) is 11.2. The highest BCUT2D eigenvalue weighted by molar-refractivity contribution is 6.14. The summed E-state index contributed by atoms with van der Waals surface area (Å²) in [6.45, 7) is 0. The number of nitrogen functional groups attached to an aromatic ring is 1. The van der Waals surface area contributed by atoms with Crippen molar-refractivity contribution in [1.29, 1.82) is 0 Å². The molecular weight excluding hydrogens is 372 g/mol. The topological polar surface area (TPSA) is 68.1 Å². The van der Waals surface area contributed by atoms with Crippen molar-refractivity contribution in [3.8, 4) is 0 Å². The van der Waals surface area contributed by atoms with Gasteiger partial charge in [-0.3, -0.25) is 0 Å². The van der Waals surface area contributed by atoms with Gasteiger partial charge in [0.05, 0.1) is 0 Å². The third-order valence-electron chi connectivity index (χ3n) is 5.48. The monoisotopic (exact) mass is 390 g/mol. The molecule has 3 heterocycles. The fraction of sp³-hybridized carbons (Fsp3) is 0. The summed E-state index contributed by atoms with van der Waals surface area (Å²) in [6.07, 6.45) is 1.94. The molecule has 30 heavy (non-hydrogen) atoms. The quantitative estimate of drug-likeness (QED) is 0.268. The summed E-state index contributed by atoms with van der Waals surface area (Å²) in [5, 5.41) is 5.77. The van der Waals surface area contributed by atoms with Gasteiger partial charge in [0.15, 0.2) is 0 Å². The van der Waals surface area contributed by atoms with Crippen LogP contribution < -0.4 is 5.73 Å². The molecule has 3 N–H and O–H groups in total. The van der Waals surface area contributed by atoms with Crippen LogP contribution in [0, 0.1) is 0 Å². The number of aromatic amines is 1. The van der Waals surface area contributed by atoms with Crippen LogP contribution in [-0.4, -0.2) is 4.98 Å². The second-order valence-corrected chi connectivity index (χ2v) is 7.33. The molecule has 0 aliphatic rings. The molecule has 7 aromatic rings. The molecular formula is C26H18N2O2. The SMILES string of the molecule is Nc1ccc2c(c1)oc1ccccc12.c1ccc2c(c1)oc1c3cc[nH]c3ccc21. The molecule has 3 aromatic heterocycles. The van der Waals surface area contributed by atoms with Gasteiger partial charge >= 0.3 is 0 Å². The third-order valence-corrected chi connectivity index (χ3v) is 5.48. The van der Waals surface area contributed by atoms with Crippen LogP contribution in [0.15, 0.2) is 100.0 Å². The van der Waals surface area contributed by atoms with Crippen LogP contribution in [0.2, 0.25) is 0 Å². The first-order chi connectivity index (χ1) is 14.8. The molecule has 0 saturated carbocycles. The van der Waals surface area contributed by atoms with E-state index in [9.17, 15) is 0 Å². The van der Waals surface area contributed by atoms with Crippen molar-refractivity contribution < 1.29 is 8.83 Å². The normalized spacial score (nSPS) is 11.5. The van der Waals surface area contributed by atoms with Gasteiger partial charge in [-0.1, -0.05) is 36.4 Å². The van der Waals surface area contributed by atoms with Gasteiger partial charge in [0.25, 0.3) is 0 Å². The van der Waals surface area contributed by atoms with Gasteiger partial charge in [-0.2, -0.15) is 0 Å². The highest BCUT2D eigenvalue weighted by atomic mass is 16.3. The number of nitrogens with two attached hydrogens (primary N) is 1. The summed E-state index contributed by atoms with van der Waals surface area (Å²) >= 11 is 0. The fourth-order valence-electron chi connectivity index (χ4n) is 4.06. The molecule has 0 saturated heterocycles. The zero-order valence-corrected chi connectivity index (χ0v) is 16.1.